The van der Waals surface area contributed by atoms with Crippen LogP contribution in [0.5, 0.6) is 0 Å². The molecule has 2 fully saturated rings. The van der Waals surface area contributed by atoms with Crippen molar-refractivity contribution < 1.29 is 28.9 Å². The van der Waals surface area contributed by atoms with Gasteiger partial charge >= 0.3 is 6.09 Å². The Balaban J connectivity index is 1.63. The standard InChI is InChI=1S/C26H37FN2O5/c1-26(2,3)34-25(33)28-22-10-23-19-9-18(14-31)17(13-30)8-16(19)4-5-29(23)12-21(22)20-6-15(11-27)7-24(20)32/h8-9,15,20-23,30-31H,4-7,10-14H2,1-3H3,(H,28,33)/t15-,20?,21-,22+,23+/m1/s1. The molecular formula is C26H37FN2O5. The summed E-state index contributed by atoms with van der Waals surface area (Å²) in [6.45, 7) is 6.11. The molecule has 2 heterocycles. The van der Waals surface area contributed by atoms with Crippen molar-refractivity contribution in [2.24, 2.45) is 17.8 Å². The number of hydrogen-bond donors (Lipinski definition) is 3. The van der Waals surface area contributed by atoms with Gasteiger partial charge in [0.05, 0.1) is 19.9 Å². The third-order valence-electron chi connectivity index (χ3n) is 7.64. The number of amides is 1. The third kappa shape index (κ3) is 5.14. The van der Waals surface area contributed by atoms with Gasteiger partial charge in [-0.1, -0.05) is 12.1 Å². The maximum Gasteiger partial charge on any atom is 0.407 e. The molecule has 0 bridgehead atoms. The van der Waals surface area contributed by atoms with Crippen molar-refractivity contribution in [1.29, 1.82) is 0 Å². The zero-order chi connectivity index (χ0) is 24.6. The lowest BCUT2D eigenvalue weighted by Crippen LogP contribution is -2.56. The minimum absolute atomic E-state index is 0.0199. The van der Waals surface area contributed by atoms with Crippen molar-refractivity contribution in [1.82, 2.24) is 10.2 Å². The Kier molecular flexibility index (Phi) is 7.31. The highest BCUT2D eigenvalue weighted by Gasteiger charge is 2.47. The number of benzene rings is 1. The van der Waals surface area contributed by atoms with Crippen LogP contribution in [0.3, 0.4) is 0 Å². The second kappa shape index (κ2) is 9.91. The minimum Gasteiger partial charge on any atom is -0.444 e. The van der Waals surface area contributed by atoms with Crippen LogP contribution in [0.4, 0.5) is 9.18 Å². The van der Waals surface area contributed by atoms with Crippen molar-refractivity contribution in [3.63, 3.8) is 0 Å². The Morgan fingerprint density at radius 1 is 1.21 bits per heavy atom. The van der Waals surface area contributed by atoms with Gasteiger partial charge < -0.3 is 20.3 Å². The Bertz CT molecular complexity index is 931. The van der Waals surface area contributed by atoms with Crippen LogP contribution in [0, 0.1) is 17.8 Å². The minimum atomic E-state index is -0.642. The van der Waals surface area contributed by atoms with Gasteiger partial charge in [-0.25, -0.2) is 4.79 Å². The van der Waals surface area contributed by atoms with E-state index in [2.05, 4.69) is 10.2 Å². The second-order valence-corrected chi connectivity index (χ2v) is 11.1. The number of nitrogens with one attached hydrogen (secondary N) is 1. The fourth-order valence-corrected chi connectivity index (χ4v) is 6.08. The third-order valence-corrected chi connectivity index (χ3v) is 7.64. The maximum atomic E-state index is 13.4. The fourth-order valence-electron chi connectivity index (χ4n) is 6.08. The lowest BCUT2D eigenvalue weighted by molar-refractivity contribution is -0.123. The summed E-state index contributed by atoms with van der Waals surface area (Å²) in [6, 6.07) is 3.69. The highest BCUT2D eigenvalue weighted by molar-refractivity contribution is 5.84. The SMILES string of the molecule is CC(C)(C)OC(=O)N[C@H]1C[C@H]2c3cc(CO)c(CO)cc3CCN2C[C@@H]1C1C[C@@H](CF)CC1=O. The first-order chi connectivity index (χ1) is 16.1. The second-order valence-electron chi connectivity index (χ2n) is 11.1. The topological polar surface area (TPSA) is 99.1 Å². The Morgan fingerprint density at radius 3 is 2.53 bits per heavy atom. The van der Waals surface area contributed by atoms with Crippen molar-refractivity contribution in [3.8, 4) is 0 Å². The number of rotatable bonds is 5. The van der Waals surface area contributed by atoms with E-state index in [1.54, 1.807) is 0 Å². The summed E-state index contributed by atoms with van der Waals surface area (Å²) >= 11 is 0. The number of halogens is 1. The molecule has 1 saturated heterocycles. The normalized spacial score (nSPS) is 29.5. The van der Waals surface area contributed by atoms with Gasteiger partial charge in [-0.2, -0.15) is 0 Å². The molecule has 7 nitrogen and oxygen atoms in total. The summed E-state index contributed by atoms with van der Waals surface area (Å²) in [7, 11) is 0. The van der Waals surface area contributed by atoms with E-state index < -0.39 is 18.4 Å². The van der Waals surface area contributed by atoms with Crippen LogP contribution in [0.1, 0.15) is 68.3 Å². The van der Waals surface area contributed by atoms with E-state index in [1.165, 1.54) is 0 Å². The monoisotopic (exact) mass is 476 g/mol. The van der Waals surface area contributed by atoms with Crippen LogP contribution in [-0.2, 0) is 29.2 Å². The van der Waals surface area contributed by atoms with Crippen molar-refractivity contribution in [2.75, 3.05) is 19.8 Å². The zero-order valence-corrected chi connectivity index (χ0v) is 20.3. The van der Waals surface area contributed by atoms with Gasteiger partial charge in [0.1, 0.15) is 11.4 Å². The molecule has 8 heteroatoms. The van der Waals surface area contributed by atoms with Gasteiger partial charge in [-0.3, -0.25) is 14.1 Å². The molecule has 4 rings (SSSR count). The molecule has 2 aliphatic heterocycles. The average Bonchev–Trinajstić information content (AvgIpc) is 3.16. The molecule has 0 radical (unpaired) electrons. The largest absolute Gasteiger partial charge is 0.444 e. The van der Waals surface area contributed by atoms with Gasteiger partial charge in [0, 0.05) is 43.4 Å². The first-order valence-corrected chi connectivity index (χ1v) is 12.3. The van der Waals surface area contributed by atoms with Crippen LogP contribution in [0.25, 0.3) is 0 Å². The summed E-state index contributed by atoms with van der Waals surface area (Å²) in [4.78, 5) is 27.9. The molecule has 0 spiro atoms. The number of aliphatic hydroxyl groups is 2. The van der Waals surface area contributed by atoms with Crippen LogP contribution in [0.15, 0.2) is 12.1 Å². The number of ether oxygens (including phenoxy) is 1. The van der Waals surface area contributed by atoms with Crippen molar-refractivity contribution >= 4 is 11.9 Å². The van der Waals surface area contributed by atoms with E-state index in [1.807, 2.05) is 32.9 Å². The summed E-state index contributed by atoms with van der Waals surface area (Å²) in [6.07, 6.45) is 1.70. The lowest BCUT2D eigenvalue weighted by Gasteiger charge is -2.48. The molecule has 1 unspecified atom stereocenters. The first-order valence-electron chi connectivity index (χ1n) is 12.3. The fraction of sp³-hybridized carbons (Fsp3) is 0.692. The summed E-state index contributed by atoms with van der Waals surface area (Å²) in [5.41, 5.74) is 3.05. The van der Waals surface area contributed by atoms with Crippen molar-refractivity contribution in [3.05, 3.63) is 34.4 Å². The molecule has 1 saturated carbocycles. The molecule has 3 N–H and O–H groups in total. The summed E-state index contributed by atoms with van der Waals surface area (Å²) < 4.78 is 18.9. The molecular weight excluding hydrogens is 439 g/mol. The quantitative estimate of drug-likeness (QED) is 0.604. The molecule has 1 amide bonds. The number of alkyl halides is 1. The molecule has 34 heavy (non-hydrogen) atoms. The predicted octanol–water partition coefficient (Wildman–Crippen LogP) is 3.05. The van der Waals surface area contributed by atoms with Gasteiger partial charge in [0.15, 0.2) is 0 Å². The van der Waals surface area contributed by atoms with E-state index in [4.69, 9.17) is 4.74 Å². The number of Topliss-reactive ketones (excluding diaryl/α,β-unsaturated/α-hetero) is 1. The number of carbonyl (C=O) groups excluding carboxylic acids is 2. The molecule has 3 aliphatic rings. The average molecular weight is 477 g/mol. The highest BCUT2D eigenvalue weighted by atomic mass is 19.1. The van der Waals surface area contributed by atoms with Crippen molar-refractivity contribution in [2.45, 2.75) is 77.4 Å². The van der Waals surface area contributed by atoms with Gasteiger partial charge in [-0.05, 0) is 68.2 Å². The number of piperidine rings is 1. The van der Waals surface area contributed by atoms with Crippen LogP contribution in [-0.4, -0.2) is 58.4 Å². The van der Waals surface area contributed by atoms with E-state index in [0.29, 0.717) is 24.9 Å². The number of aliphatic hydroxyl groups excluding tert-OH is 2. The lowest BCUT2D eigenvalue weighted by atomic mass is 9.74. The number of ketones is 1. The molecule has 5 atom stereocenters. The first kappa shape index (κ1) is 25.1. The smallest absolute Gasteiger partial charge is 0.407 e. The van der Waals surface area contributed by atoms with Crippen LogP contribution in [0.2, 0.25) is 0 Å². The Hall–Kier alpha value is -2.03. The Labute approximate surface area is 200 Å². The van der Waals surface area contributed by atoms with Gasteiger partial charge in [-0.15, -0.1) is 0 Å². The van der Waals surface area contributed by atoms with Crippen LogP contribution >= 0.6 is 0 Å². The van der Waals surface area contributed by atoms with E-state index in [-0.39, 0.29) is 55.3 Å². The van der Waals surface area contributed by atoms with E-state index in [9.17, 15) is 24.2 Å². The van der Waals surface area contributed by atoms with E-state index >= 15 is 0 Å². The summed E-state index contributed by atoms with van der Waals surface area (Å²) in [5, 5.41) is 22.6. The molecule has 1 aromatic rings. The highest BCUT2D eigenvalue weighted by Crippen LogP contribution is 2.44. The molecule has 188 valence electrons. The van der Waals surface area contributed by atoms with Gasteiger partial charge in [0.2, 0.25) is 0 Å². The maximum absolute atomic E-state index is 13.4. The summed E-state index contributed by atoms with van der Waals surface area (Å²) in [5.74, 6) is -0.519. The predicted molar refractivity (Wildman–Crippen MR) is 125 cm³/mol. The number of carbonyl (C=O) groups is 2. The number of fused-ring (bicyclic) bond motifs is 3. The van der Waals surface area contributed by atoms with Gasteiger partial charge in [0.25, 0.3) is 0 Å². The molecule has 1 aromatic carbocycles. The van der Waals surface area contributed by atoms with Crippen LogP contribution < -0.4 is 5.32 Å². The van der Waals surface area contributed by atoms with E-state index in [0.717, 1.165) is 29.7 Å². The molecule has 1 aliphatic carbocycles. The number of nitrogens with zero attached hydrogens (tertiary/aromatic N) is 1. The molecule has 0 aromatic heterocycles. The number of alkyl carbamates (subject to hydrolysis) is 1. The zero-order valence-electron chi connectivity index (χ0n) is 20.3. The number of hydrogen-bond acceptors (Lipinski definition) is 6. The Morgan fingerprint density at radius 2 is 1.91 bits per heavy atom.